The molecule has 1 aliphatic rings. The predicted molar refractivity (Wildman–Crippen MR) is 121 cm³/mol. The first-order valence-corrected chi connectivity index (χ1v) is 11.9. The van der Waals surface area contributed by atoms with Crippen molar-refractivity contribution >= 4 is 49.0 Å². The molecule has 148 valence electrons. The van der Waals surface area contributed by atoms with Crippen molar-refractivity contribution in [3.05, 3.63) is 58.5 Å². The number of rotatable bonds is 5. The van der Waals surface area contributed by atoms with Crippen molar-refractivity contribution in [2.45, 2.75) is 38.0 Å². The van der Waals surface area contributed by atoms with Crippen LogP contribution >= 0.6 is 22.7 Å². The molecular formula is C23H23N3OS2. The zero-order valence-corrected chi connectivity index (χ0v) is 17.8. The van der Waals surface area contributed by atoms with E-state index >= 15 is 0 Å². The molecule has 4 aromatic rings. The van der Waals surface area contributed by atoms with E-state index in [0.29, 0.717) is 12.3 Å². The molecule has 29 heavy (non-hydrogen) atoms. The minimum absolute atomic E-state index is 0.275. The van der Waals surface area contributed by atoms with E-state index in [4.69, 9.17) is 4.98 Å². The lowest BCUT2D eigenvalue weighted by Crippen LogP contribution is -2.39. The van der Waals surface area contributed by atoms with E-state index in [1.165, 1.54) is 14.4 Å². The van der Waals surface area contributed by atoms with E-state index in [9.17, 15) is 4.79 Å². The van der Waals surface area contributed by atoms with Crippen LogP contribution in [0.3, 0.4) is 0 Å². The zero-order valence-electron chi connectivity index (χ0n) is 16.2. The van der Waals surface area contributed by atoms with Crippen molar-refractivity contribution in [1.29, 1.82) is 0 Å². The van der Waals surface area contributed by atoms with Gasteiger partial charge in [0.2, 0.25) is 5.91 Å². The average Bonchev–Trinajstić information content (AvgIpc) is 3.37. The van der Waals surface area contributed by atoms with Crippen LogP contribution in [-0.4, -0.2) is 33.9 Å². The van der Waals surface area contributed by atoms with Gasteiger partial charge < -0.3 is 4.90 Å². The predicted octanol–water partition coefficient (Wildman–Crippen LogP) is 5.63. The standard InChI is InChI=1S/C23H23N3OS2/c27-22(13-5-12-21-24-17-8-1-3-10-19(17)28-21)26-14-6-7-16(15-26)23-25-18-9-2-4-11-20(18)29-23/h1-4,8-11,16H,5-7,12-15H2/t16-/m0/s1. The fourth-order valence-electron chi connectivity index (χ4n) is 4.05. The van der Waals surface area contributed by atoms with Crippen LogP contribution in [0.5, 0.6) is 0 Å². The Morgan fingerprint density at radius 1 is 1.00 bits per heavy atom. The Morgan fingerprint density at radius 2 is 1.72 bits per heavy atom. The van der Waals surface area contributed by atoms with Gasteiger partial charge in [0.05, 0.1) is 30.4 Å². The number of hydrogen-bond acceptors (Lipinski definition) is 5. The van der Waals surface area contributed by atoms with Gasteiger partial charge in [-0.25, -0.2) is 9.97 Å². The van der Waals surface area contributed by atoms with Gasteiger partial charge in [-0.05, 0) is 49.9 Å². The highest BCUT2D eigenvalue weighted by atomic mass is 32.1. The number of piperidine rings is 1. The van der Waals surface area contributed by atoms with Crippen LogP contribution in [0.1, 0.15) is 41.6 Å². The number of fused-ring (bicyclic) bond motifs is 2. The maximum absolute atomic E-state index is 12.8. The third-order valence-corrected chi connectivity index (χ3v) is 7.85. The van der Waals surface area contributed by atoms with E-state index < -0.39 is 0 Å². The summed E-state index contributed by atoms with van der Waals surface area (Å²) in [4.78, 5) is 24.4. The molecule has 0 radical (unpaired) electrons. The molecule has 1 atom stereocenters. The minimum atomic E-state index is 0.275. The van der Waals surface area contributed by atoms with Crippen LogP contribution in [0.4, 0.5) is 0 Å². The summed E-state index contributed by atoms with van der Waals surface area (Å²) in [5.41, 5.74) is 2.14. The second-order valence-corrected chi connectivity index (χ2v) is 9.81. The summed E-state index contributed by atoms with van der Waals surface area (Å²) in [5, 5.41) is 2.31. The Hall–Kier alpha value is -2.31. The van der Waals surface area contributed by atoms with Crippen molar-refractivity contribution in [2.24, 2.45) is 0 Å². The summed E-state index contributed by atoms with van der Waals surface area (Å²) < 4.78 is 2.46. The van der Waals surface area contributed by atoms with E-state index in [0.717, 1.165) is 54.8 Å². The Balaban J connectivity index is 1.18. The van der Waals surface area contributed by atoms with Crippen molar-refractivity contribution < 1.29 is 4.79 Å². The Kier molecular flexibility index (Phi) is 5.29. The molecule has 1 fully saturated rings. The third kappa shape index (κ3) is 4.05. The molecule has 5 rings (SSSR count). The molecular weight excluding hydrogens is 398 g/mol. The van der Waals surface area contributed by atoms with Crippen molar-refractivity contribution in [3.8, 4) is 0 Å². The lowest BCUT2D eigenvalue weighted by atomic mass is 9.98. The zero-order chi connectivity index (χ0) is 19.6. The molecule has 1 saturated heterocycles. The van der Waals surface area contributed by atoms with Crippen LogP contribution in [-0.2, 0) is 11.2 Å². The average molecular weight is 422 g/mol. The number of amides is 1. The number of aromatic nitrogens is 2. The highest BCUT2D eigenvalue weighted by molar-refractivity contribution is 7.18. The highest BCUT2D eigenvalue weighted by Crippen LogP contribution is 2.33. The van der Waals surface area contributed by atoms with Crippen molar-refractivity contribution in [1.82, 2.24) is 14.9 Å². The maximum Gasteiger partial charge on any atom is 0.222 e. The van der Waals surface area contributed by atoms with Gasteiger partial charge in [-0.15, -0.1) is 22.7 Å². The third-order valence-electron chi connectivity index (χ3n) is 5.55. The SMILES string of the molecule is O=C(CCCc1nc2ccccc2s1)N1CCC[C@H](c2nc3ccccc3s2)C1. The van der Waals surface area contributed by atoms with Crippen LogP contribution < -0.4 is 0 Å². The molecule has 1 aliphatic heterocycles. The van der Waals surface area contributed by atoms with E-state index in [1.807, 2.05) is 18.2 Å². The first-order valence-electron chi connectivity index (χ1n) is 10.2. The monoisotopic (exact) mass is 421 g/mol. The Bertz CT molecular complexity index is 1080. The van der Waals surface area contributed by atoms with Crippen LogP contribution in [0, 0.1) is 0 Å². The summed E-state index contributed by atoms with van der Waals surface area (Å²) in [6.45, 7) is 1.68. The number of aryl methyl sites for hydroxylation is 1. The van der Waals surface area contributed by atoms with Crippen LogP contribution in [0.2, 0.25) is 0 Å². The Labute approximate surface area is 178 Å². The van der Waals surface area contributed by atoms with E-state index in [2.05, 4.69) is 40.2 Å². The number of para-hydroxylation sites is 2. The van der Waals surface area contributed by atoms with Gasteiger partial charge >= 0.3 is 0 Å². The van der Waals surface area contributed by atoms with Crippen molar-refractivity contribution in [3.63, 3.8) is 0 Å². The molecule has 0 saturated carbocycles. The molecule has 3 heterocycles. The molecule has 2 aromatic carbocycles. The number of thiazole rings is 2. The molecule has 4 nitrogen and oxygen atoms in total. The molecule has 0 unspecified atom stereocenters. The maximum atomic E-state index is 12.8. The number of hydrogen-bond donors (Lipinski definition) is 0. The number of nitrogens with zero attached hydrogens (tertiary/aromatic N) is 3. The van der Waals surface area contributed by atoms with E-state index in [-0.39, 0.29) is 5.91 Å². The molecule has 0 aliphatic carbocycles. The first-order chi connectivity index (χ1) is 14.3. The van der Waals surface area contributed by atoms with E-state index in [1.54, 1.807) is 22.7 Å². The fraction of sp³-hybridized carbons (Fsp3) is 0.348. The second kappa shape index (κ2) is 8.20. The van der Waals surface area contributed by atoms with Gasteiger partial charge in [-0.3, -0.25) is 4.79 Å². The van der Waals surface area contributed by atoms with Gasteiger partial charge in [0.25, 0.3) is 0 Å². The van der Waals surface area contributed by atoms with Crippen LogP contribution in [0.25, 0.3) is 20.4 Å². The summed E-state index contributed by atoms with van der Waals surface area (Å²) in [6, 6.07) is 16.5. The summed E-state index contributed by atoms with van der Waals surface area (Å²) in [5.74, 6) is 0.645. The topological polar surface area (TPSA) is 46.1 Å². The minimum Gasteiger partial charge on any atom is -0.342 e. The summed E-state index contributed by atoms with van der Waals surface area (Å²) in [7, 11) is 0. The number of carbonyl (C=O) groups is 1. The number of carbonyl (C=O) groups excluding carboxylic acids is 1. The number of likely N-dealkylation sites (tertiary alicyclic amines) is 1. The summed E-state index contributed by atoms with van der Waals surface area (Å²) >= 11 is 3.52. The van der Waals surface area contributed by atoms with Crippen molar-refractivity contribution in [2.75, 3.05) is 13.1 Å². The Morgan fingerprint density at radius 3 is 2.48 bits per heavy atom. The molecule has 2 aromatic heterocycles. The normalized spacial score (nSPS) is 17.2. The summed E-state index contributed by atoms with van der Waals surface area (Å²) in [6.07, 6.45) is 4.52. The first kappa shape index (κ1) is 18.7. The molecule has 6 heteroatoms. The van der Waals surface area contributed by atoms with Gasteiger partial charge in [0.15, 0.2) is 0 Å². The highest BCUT2D eigenvalue weighted by Gasteiger charge is 2.26. The van der Waals surface area contributed by atoms with Gasteiger partial charge in [-0.1, -0.05) is 24.3 Å². The molecule has 0 N–H and O–H groups in total. The van der Waals surface area contributed by atoms with Gasteiger partial charge in [-0.2, -0.15) is 0 Å². The molecule has 0 spiro atoms. The lowest BCUT2D eigenvalue weighted by Gasteiger charge is -2.32. The quantitative estimate of drug-likeness (QED) is 0.419. The second-order valence-electron chi connectivity index (χ2n) is 7.63. The van der Waals surface area contributed by atoms with Crippen LogP contribution in [0.15, 0.2) is 48.5 Å². The van der Waals surface area contributed by atoms with Gasteiger partial charge in [0.1, 0.15) is 0 Å². The van der Waals surface area contributed by atoms with Gasteiger partial charge in [0, 0.05) is 25.4 Å². The largest absolute Gasteiger partial charge is 0.342 e. The smallest absolute Gasteiger partial charge is 0.222 e. The number of benzene rings is 2. The molecule has 1 amide bonds. The molecule has 0 bridgehead atoms. The lowest BCUT2D eigenvalue weighted by molar-refractivity contribution is -0.132. The fourth-order valence-corrected chi connectivity index (χ4v) is 6.15.